The lowest BCUT2D eigenvalue weighted by atomic mass is 10.0. The Kier molecular flexibility index (Phi) is 4.40. The molecular formula is C16H22FNO3. The number of hydrogen-bond acceptors (Lipinski definition) is 3. The van der Waals surface area contributed by atoms with Crippen LogP contribution >= 0.6 is 0 Å². The maximum Gasteiger partial charge on any atom is 0.410 e. The van der Waals surface area contributed by atoms with Gasteiger partial charge in [-0.25, -0.2) is 4.79 Å². The van der Waals surface area contributed by atoms with Gasteiger partial charge in [-0.05, 0) is 44.9 Å². The number of carbonyl (C=O) groups excluding carboxylic acids is 1. The first-order valence-electron chi connectivity index (χ1n) is 7.14. The van der Waals surface area contributed by atoms with Crippen LogP contribution in [-0.2, 0) is 4.74 Å². The molecule has 5 heteroatoms. The largest absolute Gasteiger partial charge is 0.508 e. The first-order chi connectivity index (χ1) is 9.80. The SMILES string of the molecule is CC(C)(C)OC(=O)N1CC(CF)CC1c1ccc(O)cc1. The number of ether oxygens (including phenoxy) is 1. The van der Waals surface area contributed by atoms with Crippen molar-refractivity contribution < 1.29 is 19.0 Å². The molecule has 1 aliphatic heterocycles. The molecule has 1 heterocycles. The number of phenols is 1. The maximum absolute atomic E-state index is 13.0. The minimum absolute atomic E-state index is 0.169. The summed E-state index contributed by atoms with van der Waals surface area (Å²) < 4.78 is 18.4. The fraction of sp³-hybridized carbons (Fsp3) is 0.562. The van der Waals surface area contributed by atoms with Crippen LogP contribution in [0.5, 0.6) is 5.75 Å². The highest BCUT2D eigenvalue weighted by Gasteiger charge is 2.38. The zero-order valence-electron chi connectivity index (χ0n) is 12.7. The molecule has 0 bridgehead atoms. The van der Waals surface area contributed by atoms with E-state index in [4.69, 9.17) is 4.74 Å². The highest BCUT2D eigenvalue weighted by atomic mass is 19.1. The van der Waals surface area contributed by atoms with Crippen LogP contribution in [0.1, 0.15) is 38.8 Å². The topological polar surface area (TPSA) is 49.8 Å². The summed E-state index contributed by atoms with van der Waals surface area (Å²) in [6.45, 7) is 5.33. The monoisotopic (exact) mass is 295 g/mol. The average Bonchev–Trinajstić information content (AvgIpc) is 2.82. The van der Waals surface area contributed by atoms with Gasteiger partial charge in [0.1, 0.15) is 11.4 Å². The van der Waals surface area contributed by atoms with Crippen LogP contribution in [0.25, 0.3) is 0 Å². The third-order valence-corrected chi connectivity index (χ3v) is 3.51. The lowest BCUT2D eigenvalue weighted by Gasteiger charge is -2.28. The van der Waals surface area contributed by atoms with Crippen molar-refractivity contribution in [3.8, 4) is 5.75 Å². The summed E-state index contributed by atoms with van der Waals surface area (Å²) >= 11 is 0. The molecule has 1 aromatic carbocycles. The summed E-state index contributed by atoms with van der Waals surface area (Å²) in [6, 6.07) is 6.47. The Labute approximate surface area is 124 Å². The third kappa shape index (κ3) is 3.86. The molecule has 1 aliphatic rings. The predicted octanol–water partition coefficient (Wildman–Crippen LogP) is 3.66. The maximum atomic E-state index is 13.0. The van der Waals surface area contributed by atoms with Gasteiger partial charge in [0, 0.05) is 12.5 Å². The molecule has 0 aliphatic carbocycles. The second-order valence-electron chi connectivity index (χ2n) is 6.50. The van der Waals surface area contributed by atoms with Gasteiger partial charge in [-0.2, -0.15) is 0 Å². The third-order valence-electron chi connectivity index (χ3n) is 3.51. The number of amides is 1. The number of nitrogens with zero attached hydrogens (tertiary/aromatic N) is 1. The van der Waals surface area contributed by atoms with Crippen molar-refractivity contribution in [1.29, 1.82) is 0 Å². The fourth-order valence-corrected chi connectivity index (χ4v) is 2.57. The molecule has 1 fully saturated rings. The minimum Gasteiger partial charge on any atom is -0.508 e. The number of rotatable bonds is 2. The van der Waals surface area contributed by atoms with E-state index in [-0.39, 0.29) is 17.7 Å². The predicted molar refractivity (Wildman–Crippen MR) is 77.9 cm³/mol. The molecule has 116 valence electrons. The van der Waals surface area contributed by atoms with Gasteiger partial charge in [-0.3, -0.25) is 4.39 Å². The van der Waals surface area contributed by atoms with Crippen molar-refractivity contribution in [2.45, 2.75) is 38.8 Å². The van der Waals surface area contributed by atoms with E-state index >= 15 is 0 Å². The van der Waals surface area contributed by atoms with Crippen LogP contribution in [0.3, 0.4) is 0 Å². The van der Waals surface area contributed by atoms with Gasteiger partial charge in [0.2, 0.25) is 0 Å². The first kappa shape index (κ1) is 15.6. The van der Waals surface area contributed by atoms with Gasteiger partial charge in [0.25, 0.3) is 0 Å². The van der Waals surface area contributed by atoms with E-state index in [9.17, 15) is 14.3 Å². The number of alkyl halides is 1. The number of aromatic hydroxyl groups is 1. The Morgan fingerprint density at radius 3 is 2.52 bits per heavy atom. The molecule has 1 saturated heterocycles. The highest BCUT2D eigenvalue weighted by molar-refractivity contribution is 5.69. The molecule has 1 amide bonds. The summed E-state index contributed by atoms with van der Waals surface area (Å²) in [7, 11) is 0. The molecule has 2 unspecified atom stereocenters. The molecule has 0 aromatic heterocycles. The molecule has 0 saturated carbocycles. The van der Waals surface area contributed by atoms with E-state index < -0.39 is 18.4 Å². The molecule has 4 nitrogen and oxygen atoms in total. The Balaban J connectivity index is 2.20. The molecule has 1 N–H and O–H groups in total. The number of likely N-dealkylation sites (tertiary alicyclic amines) is 1. The van der Waals surface area contributed by atoms with Gasteiger partial charge in [0.05, 0.1) is 12.7 Å². The summed E-state index contributed by atoms with van der Waals surface area (Å²) in [6.07, 6.45) is 0.150. The minimum atomic E-state index is -0.579. The summed E-state index contributed by atoms with van der Waals surface area (Å²) in [5, 5.41) is 9.36. The molecule has 0 radical (unpaired) electrons. The average molecular weight is 295 g/mol. The van der Waals surface area contributed by atoms with E-state index in [0.29, 0.717) is 13.0 Å². The molecule has 21 heavy (non-hydrogen) atoms. The summed E-state index contributed by atoms with van der Waals surface area (Å²) in [4.78, 5) is 13.9. The smallest absolute Gasteiger partial charge is 0.410 e. The molecular weight excluding hydrogens is 273 g/mol. The van der Waals surface area contributed by atoms with Gasteiger partial charge in [-0.1, -0.05) is 12.1 Å². The van der Waals surface area contributed by atoms with Gasteiger partial charge >= 0.3 is 6.09 Å². The normalized spacial score (nSPS) is 22.4. The highest BCUT2D eigenvalue weighted by Crippen LogP contribution is 2.37. The number of benzene rings is 1. The zero-order chi connectivity index (χ0) is 15.6. The second kappa shape index (κ2) is 5.92. The first-order valence-corrected chi connectivity index (χ1v) is 7.14. The number of halogens is 1. The Hall–Kier alpha value is -1.78. The number of phenolic OH excluding ortho intramolecular Hbond substituents is 1. The molecule has 2 rings (SSSR count). The van der Waals surface area contributed by atoms with E-state index in [0.717, 1.165) is 5.56 Å². The van der Waals surface area contributed by atoms with Crippen molar-refractivity contribution in [3.05, 3.63) is 29.8 Å². The quantitative estimate of drug-likeness (QED) is 0.906. The molecule has 1 aromatic rings. The van der Waals surface area contributed by atoms with E-state index in [1.807, 2.05) is 20.8 Å². The number of hydrogen-bond donors (Lipinski definition) is 1. The van der Waals surface area contributed by atoms with Crippen LogP contribution in [0, 0.1) is 5.92 Å². The Bertz CT molecular complexity index is 495. The standard InChI is InChI=1S/C16H22FNO3/c1-16(2,3)21-15(20)18-10-11(9-17)8-14(18)12-4-6-13(19)7-5-12/h4-7,11,14,19H,8-10H2,1-3H3. The number of carbonyl (C=O) groups is 1. The lowest BCUT2D eigenvalue weighted by molar-refractivity contribution is 0.0218. The van der Waals surface area contributed by atoms with Crippen molar-refractivity contribution in [1.82, 2.24) is 4.90 Å². The van der Waals surface area contributed by atoms with Crippen molar-refractivity contribution in [2.24, 2.45) is 5.92 Å². The molecule has 0 spiro atoms. The van der Waals surface area contributed by atoms with Crippen molar-refractivity contribution in [2.75, 3.05) is 13.2 Å². The lowest BCUT2D eigenvalue weighted by Crippen LogP contribution is -2.36. The van der Waals surface area contributed by atoms with Gasteiger partial charge in [0.15, 0.2) is 0 Å². The van der Waals surface area contributed by atoms with Crippen LogP contribution in [0.2, 0.25) is 0 Å². The molecule has 2 atom stereocenters. The second-order valence-corrected chi connectivity index (χ2v) is 6.50. The Morgan fingerprint density at radius 1 is 1.38 bits per heavy atom. The zero-order valence-corrected chi connectivity index (χ0v) is 12.7. The summed E-state index contributed by atoms with van der Waals surface area (Å²) in [5.74, 6) is -0.000993. The van der Waals surface area contributed by atoms with Crippen LogP contribution in [-0.4, -0.2) is 34.9 Å². The van der Waals surface area contributed by atoms with E-state index in [1.165, 1.54) is 0 Å². The van der Waals surface area contributed by atoms with Crippen LogP contribution in [0.4, 0.5) is 9.18 Å². The van der Waals surface area contributed by atoms with Crippen molar-refractivity contribution >= 4 is 6.09 Å². The summed E-state index contributed by atoms with van der Waals surface area (Å²) in [5.41, 5.74) is 0.305. The van der Waals surface area contributed by atoms with Gasteiger partial charge < -0.3 is 14.7 Å². The van der Waals surface area contributed by atoms with Gasteiger partial charge in [-0.15, -0.1) is 0 Å². The van der Waals surface area contributed by atoms with E-state index in [1.54, 1.807) is 29.2 Å². The van der Waals surface area contributed by atoms with E-state index in [2.05, 4.69) is 0 Å². The Morgan fingerprint density at radius 2 is 2.00 bits per heavy atom. The van der Waals surface area contributed by atoms with Crippen LogP contribution in [0.15, 0.2) is 24.3 Å². The fourth-order valence-electron chi connectivity index (χ4n) is 2.57. The van der Waals surface area contributed by atoms with Crippen LogP contribution < -0.4 is 0 Å². The van der Waals surface area contributed by atoms with Crippen molar-refractivity contribution in [3.63, 3.8) is 0 Å².